The van der Waals surface area contributed by atoms with E-state index in [1.807, 2.05) is 29.6 Å². The highest BCUT2D eigenvalue weighted by Crippen LogP contribution is 2.25. The Kier molecular flexibility index (Phi) is 5.03. The van der Waals surface area contributed by atoms with Crippen molar-refractivity contribution in [1.29, 1.82) is 0 Å². The smallest absolute Gasteiger partial charge is 0.318 e. The molecule has 1 atom stereocenters. The van der Waals surface area contributed by atoms with E-state index in [0.29, 0.717) is 5.16 Å². The van der Waals surface area contributed by atoms with Gasteiger partial charge in [-0.05, 0) is 24.6 Å². The summed E-state index contributed by atoms with van der Waals surface area (Å²) in [5, 5.41) is 2.15. The topological polar surface area (TPSA) is 101 Å². The van der Waals surface area contributed by atoms with Gasteiger partial charge in [0.25, 0.3) is 0 Å². The second-order valence-corrected chi connectivity index (χ2v) is 6.47. The Morgan fingerprint density at radius 3 is 2.67 bits per heavy atom. The molecular weight excluding hydrogens is 356 g/mol. The monoisotopic (exact) mass is 368 g/mol. The van der Waals surface area contributed by atoms with Crippen LogP contribution in [0.25, 0.3) is 11.3 Å². The molecular formula is C13H13BrN4O2S. The number of carbonyl (C=O) groups is 2. The number of imidazole rings is 1. The van der Waals surface area contributed by atoms with Gasteiger partial charge in [-0.1, -0.05) is 39.8 Å². The lowest BCUT2D eigenvalue weighted by Crippen LogP contribution is -2.39. The molecule has 0 saturated carbocycles. The number of nitrogens with zero attached hydrogens (tertiary/aromatic N) is 1. The van der Waals surface area contributed by atoms with Gasteiger partial charge in [-0.2, -0.15) is 0 Å². The number of aromatic nitrogens is 2. The van der Waals surface area contributed by atoms with Crippen LogP contribution < -0.4 is 11.1 Å². The summed E-state index contributed by atoms with van der Waals surface area (Å²) in [6.07, 6.45) is 1.70. The van der Waals surface area contributed by atoms with E-state index in [0.717, 1.165) is 15.7 Å². The molecule has 21 heavy (non-hydrogen) atoms. The Hall–Kier alpha value is -1.80. The summed E-state index contributed by atoms with van der Waals surface area (Å²) < 4.78 is 0.997. The number of carbonyl (C=O) groups excluding carboxylic acids is 2. The second kappa shape index (κ2) is 6.77. The number of aromatic amines is 1. The summed E-state index contributed by atoms with van der Waals surface area (Å²) >= 11 is 4.60. The van der Waals surface area contributed by atoms with Crippen molar-refractivity contribution in [3.63, 3.8) is 0 Å². The maximum Gasteiger partial charge on any atom is 0.318 e. The zero-order chi connectivity index (χ0) is 15.4. The normalized spacial score (nSPS) is 11.9. The average molecular weight is 369 g/mol. The third kappa shape index (κ3) is 4.33. The molecule has 6 nitrogen and oxygen atoms in total. The van der Waals surface area contributed by atoms with Crippen LogP contribution in [0.3, 0.4) is 0 Å². The van der Waals surface area contributed by atoms with Crippen molar-refractivity contribution < 1.29 is 9.59 Å². The molecule has 2 rings (SSSR count). The SMILES string of the molecule is CC(Sc1ncc(-c2ccc(Br)cc2)[nH]1)C(=O)NC(N)=O. The number of nitrogens with two attached hydrogens (primary N) is 1. The Bertz CT molecular complexity index is 656. The quantitative estimate of drug-likeness (QED) is 0.721. The number of imide groups is 1. The number of halogens is 1. The minimum absolute atomic E-state index is 0.450. The predicted molar refractivity (Wildman–Crippen MR) is 84.8 cm³/mol. The zero-order valence-electron chi connectivity index (χ0n) is 11.1. The lowest BCUT2D eigenvalue weighted by Gasteiger charge is -2.07. The minimum atomic E-state index is -0.859. The lowest BCUT2D eigenvalue weighted by atomic mass is 10.2. The maximum atomic E-state index is 11.6. The van der Waals surface area contributed by atoms with Gasteiger partial charge in [-0.3, -0.25) is 10.1 Å². The summed E-state index contributed by atoms with van der Waals surface area (Å²) in [5.74, 6) is -0.450. The van der Waals surface area contributed by atoms with Crippen molar-refractivity contribution in [2.24, 2.45) is 5.73 Å². The fourth-order valence-electron chi connectivity index (χ4n) is 1.58. The highest BCUT2D eigenvalue weighted by molar-refractivity contribution is 9.10. The van der Waals surface area contributed by atoms with Crippen LogP contribution in [0.1, 0.15) is 6.92 Å². The van der Waals surface area contributed by atoms with Crippen LogP contribution >= 0.6 is 27.7 Å². The van der Waals surface area contributed by atoms with Gasteiger partial charge in [0.1, 0.15) is 0 Å². The van der Waals surface area contributed by atoms with Crippen LogP contribution in [0, 0.1) is 0 Å². The van der Waals surface area contributed by atoms with Crippen LogP contribution in [0.4, 0.5) is 4.79 Å². The fraction of sp³-hybridized carbons (Fsp3) is 0.154. The first-order chi connectivity index (χ1) is 9.95. The largest absolute Gasteiger partial charge is 0.351 e. The van der Waals surface area contributed by atoms with Crippen molar-refractivity contribution in [2.45, 2.75) is 17.3 Å². The molecule has 110 valence electrons. The maximum absolute atomic E-state index is 11.6. The van der Waals surface area contributed by atoms with Gasteiger partial charge in [0.2, 0.25) is 5.91 Å². The number of nitrogens with one attached hydrogen (secondary N) is 2. The van der Waals surface area contributed by atoms with E-state index in [-0.39, 0.29) is 0 Å². The molecule has 0 bridgehead atoms. The van der Waals surface area contributed by atoms with Crippen molar-refractivity contribution in [3.05, 3.63) is 34.9 Å². The van der Waals surface area contributed by atoms with E-state index in [1.54, 1.807) is 13.1 Å². The van der Waals surface area contributed by atoms with Crippen molar-refractivity contribution >= 4 is 39.6 Å². The number of hydrogen-bond donors (Lipinski definition) is 3. The molecule has 0 aliphatic heterocycles. The van der Waals surface area contributed by atoms with Gasteiger partial charge in [-0.25, -0.2) is 9.78 Å². The molecule has 3 amide bonds. The number of H-pyrrole nitrogens is 1. The molecule has 1 unspecified atom stereocenters. The number of thioether (sulfide) groups is 1. The van der Waals surface area contributed by atoms with Gasteiger partial charge >= 0.3 is 6.03 Å². The average Bonchev–Trinajstić information content (AvgIpc) is 2.87. The molecule has 1 heterocycles. The molecule has 0 aliphatic rings. The van der Waals surface area contributed by atoms with Crippen LogP contribution in [0.2, 0.25) is 0 Å². The Morgan fingerprint density at radius 1 is 1.38 bits per heavy atom. The van der Waals surface area contributed by atoms with Crippen LogP contribution in [0.5, 0.6) is 0 Å². The fourth-order valence-corrected chi connectivity index (χ4v) is 2.63. The summed E-state index contributed by atoms with van der Waals surface area (Å²) in [7, 11) is 0. The Morgan fingerprint density at radius 2 is 2.05 bits per heavy atom. The molecule has 0 radical (unpaired) electrons. The number of primary amides is 1. The number of urea groups is 1. The highest BCUT2D eigenvalue weighted by atomic mass is 79.9. The van der Waals surface area contributed by atoms with Crippen LogP contribution in [0.15, 0.2) is 40.1 Å². The van der Waals surface area contributed by atoms with Crippen molar-refractivity contribution in [1.82, 2.24) is 15.3 Å². The first-order valence-electron chi connectivity index (χ1n) is 6.03. The first kappa shape index (κ1) is 15.6. The molecule has 4 N–H and O–H groups in total. The summed E-state index contributed by atoms with van der Waals surface area (Å²) in [6.45, 7) is 1.67. The summed E-state index contributed by atoms with van der Waals surface area (Å²) in [5.41, 5.74) is 6.76. The Labute approximate surface area is 134 Å². The van der Waals surface area contributed by atoms with E-state index < -0.39 is 17.2 Å². The summed E-state index contributed by atoms with van der Waals surface area (Å²) in [6, 6.07) is 6.92. The molecule has 0 fully saturated rings. The Balaban J connectivity index is 2.04. The molecule has 1 aromatic heterocycles. The lowest BCUT2D eigenvalue weighted by molar-refractivity contribution is -0.119. The molecule has 1 aromatic carbocycles. The minimum Gasteiger partial charge on any atom is -0.351 e. The molecule has 2 aromatic rings. The summed E-state index contributed by atoms with van der Waals surface area (Å²) in [4.78, 5) is 29.6. The number of benzene rings is 1. The van der Waals surface area contributed by atoms with E-state index >= 15 is 0 Å². The zero-order valence-corrected chi connectivity index (χ0v) is 13.5. The van der Waals surface area contributed by atoms with Gasteiger partial charge in [0.15, 0.2) is 5.16 Å². The second-order valence-electron chi connectivity index (χ2n) is 4.22. The van der Waals surface area contributed by atoms with Gasteiger partial charge in [0.05, 0.1) is 17.1 Å². The molecule has 8 heteroatoms. The van der Waals surface area contributed by atoms with Crippen LogP contribution in [-0.2, 0) is 4.79 Å². The predicted octanol–water partition coefficient (Wildman–Crippen LogP) is 2.51. The number of amides is 3. The van der Waals surface area contributed by atoms with E-state index in [1.165, 1.54) is 11.8 Å². The standard InChI is InChI=1S/C13H13BrN4O2S/c1-7(11(19)18-12(15)20)21-13-16-6-10(17-13)8-2-4-9(14)5-3-8/h2-7H,1H3,(H,16,17)(H3,15,18,19,20). The number of rotatable bonds is 4. The van der Waals surface area contributed by atoms with Crippen LogP contribution in [-0.4, -0.2) is 27.2 Å². The third-order valence-electron chi connectivity index (χ3n) is 2.61. The van der Waals surface area contributed by atoms with E-state index in [9.17, 15) is 9.59 Å². The van der Waals surface area contributed by atoms with E-state index in [4.69, 9.17) is 5.73 Å². The van der Waals surface area contributed by atoms with Gasteiger partial charge < -0.3 is 10.7 Å². The number of hydrogen-bond acceptors (Lipinski definition) is 4. The first-order valence-corrected chi connectivity index (χ1v) is 7.71. The van der Waals surface area contributed by atoms with Gasteiger partial charge in [-0.15, -0.1) is 0 Å². The molecule has 0 aliphatic carbocycles. The van der Waals surface area contributed by atoms with E-state index in [2.05, 4.69) is 25.9 Å². The van der Waals surface area contributed by atoms with Gasteiger partial charge in [0, 0.05) is 4.47 Å². The third-order valence-corrected chi connectivity index (χ3v) is 4.14. The van der Waals surface area contributed by atoms with Crippen molar-refractivity contribution in [3.8, 4) is 11.3 Å². The molecule has 0 spiro atoms. The van der Waals surface area contributed by atoms with Crippen molar-refractivity contribution in [2.75, 3.05) is 0 Å². The highest BCUT2D eigenvalue weighted by Gasteiger charge is 2.17. The molecule has 0 saturated heterocycles.